The van der Waals surface area contributed by atoms with E-state index in [9.17, 15) is 26.9 Å². The lowest BCUT2D eigenvalue weighted by Gasteiger charge is -2.26. The molecule has 0 saturated carbocycles. The van der Waals surface area contributed by atoms with Crippen molar-refractivity contribution in [1.29, 1.82) is 0 Å². The van der Waals surface area contributed by atoms with Gasteiger partial charge in [-0.3, -0.25) is 9.78 Å². The SMILES string of the molecule is CC(C)N(CC(=O)NCc1ccnc(-c2cnc(C(F)(F)F)nc2)c1)[S+]([O-])c1ccc(F)cc1. The molecule has 2 aromatic heterocycles. The van der Waals surface area contributed by atoms with Crippen LogP contribution in [-0.4, -0.2) is 42.3 Å². The second kappa shape index (κ2) is 10.9. The van der Waals surface area contributed by atoms with Gasteiger partial charge in [0.05, 0.1) is 23.1 Å². The second-order valence-electron chi connectivity index (χ2n) is 7.49. The van der Waals surface area contributed by atoms with Crippen molar-refractivity contribution in [2.24, 2.45) is 0 Å². The summed E-state index contributed by atoms with van der Waals surface area (Å²) >= 11 is -1.66. The highest BCUT2D eigenvalue weighted by atomic mass is 32.2. The highest BCUT2D eigenvalue weighted by molar-refractivity contribution is 7.89. The minimum Gasteiger partial charge on any atom is -0.593 e. The molecule has 0 saturated heterocycles. The van der Waals surface area contributed by atoms with E-state index in [-0.39, 0.29) is 25.0 Å². The molecule has 1 amide bonds. The Morgan fingerprint density at radius 1 is 1.12 bits per heavy atom. The van der Waals surface area contributed by atoms with Crippen molar-refractivity contribution >= 4 is 17.3 Å². The summed E-state index contributed by atoms with van der Waals surface area (Å²) in [7, 11) is 0. The lowest BCUT2D eigenvalue weighted by molar-refractivity contribution is -0.145. The van der Waals surface area contributed by atoms with E-state index in [4.69, 9.17) is 0 Å². The van der Waals surface area contributed by atoms with Gasteiger partial charge in [0, 0.05) is 30.7 Å². The summed E-state index contributed by atoms with van der Waals surface area (Å²) < 4.78 is 65.4. The number of alkyl halides is 3. The molecule has 1 unspecified atom stereocenters. The van der Waals surface area contributed by atoms with E-state index >= 15 is 0 Å². The molecular formula is C22H21F4N5O2S. The summed E-state index contributed by atoms with van der Waals surface area (Å²) in [6, 6.07) is 8.23. The molecule has 0 bridgehead atoms. The van der Waals surface area contributed by atoms with Gasteiger partial charge in [-0.05, 0) is 55.8 Å². The molecule has 12 heteroatoms. The van der Waals surface area contributed by atoms with Crippen molar-refractivity contribution in [1.82, 2.24) is 24.6 Å². The van der Waals surface area contributed by atoms with Gasteiger partial charge in [0.25, 0.3) is 0 Å². The van der Waals surface area contributed by atoms with Crippen molar-refractivity contribution in [3.05, 3.63) is 72.2 Å². The largest absolute Gasteiger partial charge is 0.593 e. The number of hydrogen-bond acceptors (Lipinski definition) is 6. The number of rotatable bonds is 8. The van der Waals surface area contributed by atoms with Crippen LogP contribution in [0.1, 0.15) is 25.2 Å². The molecule has 0 aliphatic heterocycles. The number of nitrogens with zero attached hydrogens (tertiary/aromatic N) is 4. The van der Waals surface area contributed by atoms with E-state index in [1.807, 2.05) is 0 Å². The number of carbonyl (C=O) groups is 1. The summed E-state index contributed by atoms with van der Waals surface area (Å²) in [5.41, 5.74) is 1.29. The van der Waals surface area contributed by atoms with Crippen molar-refractivity contribution in [3.8, 4) is 11.3 Å². The molecule has 180 valence electrons. The van der Waals surface area contributed by atoms with Crippen LogP contribution in [0, 0.1) is 5.82 Å². The zero-order valence-corrected chi connectivity index (χ0v) is 19.0. The number of amides is 1. The third-order valence-corrected chi connectivity index (χ3v) is 6.27. The molecule has 0 spiro atoms. The third kappa shape index (κ3) is 6.72. The van der Waals surface area contributed by atoms with E-state index < -0.39 is 29.2 Å². The number of hydrogen-bond donors (Lipinski definition) is 1. The van der Waals surface area contributed by atoms with Gasteiger partial charge in [0.15, 0.2) is 4.90 Å². The molecule has 0 radical (unpaired) electrons. The van der Waals surface area contributed by atoms with Gasteiger partial charge in [-0.15, -0.1) is 4.31 Å². The average Bonchev–Trinajstić information content (AvgIpc) is 2.81. The quantitative estimate of drug-likeness (QED) is 0.378. The van der Waals surface area contributed by atoms with Gasteiger partial charge >= 0.3 is 6.18 Å². The standard InChI is InChI=1S/C22H21F4N5O2S/c1-14(2)31(34(33)18-5-3-17(23)4-6-18)13-20(32)28-10-15-7-8-27-19(9-15)16-11-29-21(30-12-16)22(24,25)26/h3-9,11-12,14H,10,13H2,1-2H3,(H,28,32). The fraction of sp³-hybridized carbons (Fsp3) is 0.273. The topological polar surface area (TPSA) is 94.1 Å². The van der Waals surface area contributed by atoms with E-state index in [2.05, 4.69) is 20.3 Å². The van der Waals surface area contributed by atoms with Crippen LogP contribution in [0.4, 0.5) is 17.6 Å². The van der Waals surface area contributed by atoms with Gasteiger partial charge < -0.3 is 9.87 Å². The van der Waals surface area contributed by atoms with Crippen LogP contribution >= 0.6 is 0 Å². The summed E-state index contributed by atoms with van der Waals surface area (Å²) in [5, 5.41) is 2.72. The Bertz CT molecular complexity index is 1110. The Kier molecular flexibility index (Phi) is 8.18. The summed E-state index contributed by atoms with van der Waals surface area (Å²) in [5.74, 6) is -2.08. The Morgan fingerprint density at radius 3 is 2.35 bits per heavy atom. The lowest BCUT2D eigenvalue weighted by atomic mass is 10.1. The fourth-order valence-corrected chi connectivity index (χ4v) is 4.12. The molecule has 0 aliphatic carbocycles. The predicted molar refractivity (Wildman–Crippen MR) is 117 cm³/mol. The molecule has 1 atom stereocenters. The Hall–Kier alpha value is -3.09. The van der Waals surface area contributed by atoms with Crippen LogP contribution in [-0.2, 0) is 28.9 Å². The van der Waals surface area contributed by atoms with Crippen molar-refractivity contribution in [2.75, 3.05) is 6.54 Å². The fourth-order valence-electron chi connectivity index (χ4n) is 2.87. The maximum absolute atomic E-state index is 13.1. The minimum atomic E-state index is -4.64. The zero-order valence-electron chi connectivity index (χ0n) is 18.2. The van der Waals surface area contributed by atoms with Crippen LogP contribution in [0.15, 0.2) is 59.9 Å². The highest BCUT2D eigenvalue weighted by Crippen LogP contribution is 2.26. The van der Waals surface area contributed by atoms with E-state index in [0.717, 1.165) is 12.4 Å². The van der Waals surface area contributed by atoms with Crippen LogP contribution < -0.4 is 5.32 Å². The Labute approximate surface area is 196 Å². The first-order valence-electron chi connectivity index (χ1n) is 10.1. The first-order valence-corrected chi connectivity index (χ1v) is 11.2. The van der Waals surface area contributed by atoms with Gasteiger partial charge in [0.2, 0.25) is 11.7 Å². The first-order chi connectivity index (χ1) is 16.0. The number of aromatic nitrogens is 3. The molecule has 3 rings (SSSR count). The zero-order chi connectivity index (χ0) is 24.9. The van der Waals surface area contributed by atoms with Crippen LogP contribution in [0.3, 0.4) is 0 Å². The predicted octanol–water partition coefficient (Wildman–Crippen LogP) is 3.75. The normalized spacial score (nSPS) is 12.7. The highest BCUT2D eigenvalue weighted by Gasteiger charge is 2.34. The number of halogens is 4. The first kappa shape index (κ1) is 25.5. The Morgan fingerprint density at radius 2 is 1.76 bits per heavy atom. The molecule has 2 heterocycles. The molecule has 3 aromatic rings. The van der Waals surface area contributed by atoms with Crippen LogP contribution in [0.25, 0.3) is 11.3 Å². The molecule has 1 aromatic carbocycles. The number of benzene rings is 1. The van der Waals surface area contributed by atoms with E-state index in [0.29, 0.717) is 21.7 Å². The summed E-state index contributed by atoms with van der Waals surface area (Å²) in [6.45, 7) is 3.53. The monoisotopic (exact) mass is 495 g/mol. The van der Waals surface area contributed by atoms with E-state index in [1.165, 1.54) is 34.8 Å². The molecule has 1 N–H and O–H groups in total. The summed E-state index contributed by atoms with van der Waals surface area (Å²) in [6.07, 6.45) is -1.11. The second-order valence-corrected chi connectivity index (χ2v) is 8.93. The maximum Gasteiger partial charge on any atom is 0.451 e. The van der Waals surface area contributed by atoms with Gasteiger partial charge in [-0.2, -0.15) is 13.2 Å². The number of carbonyl (C=O) groups excluding carboxylic acids is 1. The van der Waals surface area contributed by atoms with Crippen molar-refractivity contribution in [3.63, 3.8) is 0 Å². The van der Waals surface area contributed by atoms with Crippen LogP contribution in [0.5, 0.6) is 0 Å². The van der Waals surface area contributed by atoms with Crippen molar-refractivity contribution in [2.45, 2.75) is 37.5 Å². The number of pyridine rings is 1. The minimum absolute atomic E-state index is 0.116. The summed E-state index contributed by atoms with van der Waals surface area (Å²) in [4.78, 5) is 23.7. The van der Waals surface area contributed by atoms with E-state index in [1.54, 1.807) is 26.0 Å². The Balaban J connectivity index is 1.63. The molecule has 34 heavy (non-hydrogen) atoms. The average molecular weight is 496 g/mol. The van der Waals surface area contributed by atoms with Gasteiger partial charge in [0.1, 0.15) is 12.4 Å². The molecule has 0 fully saturated rings. The maximum atomic E-state index is 13.1. The molecular weight excluding hydrogens is 474 g/mol. The van der Waals surface area contributed by atoms with Gasteiger partial charge in [-0.25, -0.2) is 14.4 Å². The van der Waals surface area contributed by atoms with Gasteiger partial charge in [-0.1, -0.05) is 0 Å². The third-order valence-electron chi connectivity index (χ3n) is 4.62. The lowest BCUT2D eigenvalue weighted by Crippen LogP contribution is -2.44. The van der Waals surface area contributed by atoms with Crippen molar-refractivity contribution < 1.29 is 26.9 Å². The smallest absolute Gasteiger partial charge is 0.451 e. The molecule has 7 nitrogen and oxygen atoms in total. The van der Waals surface area contributed by atoms with Crippen LogP contribution in [0.2, 0.25) is 0 Å². The number of nitrogens with one attached hydrogen (secondary N) is 1. The molecule has 0 aliphatic rings.